The predicted octanol–water partition coefficient (Wildman–Crippen LogP) is 1.36. The first-order valence-corrected chi connectivity index (χ1v) is 14.5. The summed E-state index contributed by atoms with van der Waals surface area (Å²) < 4.78 is 56.9. The van der Waals surface area contributed by atoms with Crippen LogP contribution in [0.1, 0.15) is 46.0 Å². The van der Waals surface area contributed by atoms with Crippen molar-refractivity contribution in [2.75, 3.05) is 31.3 Å². The molecule has 160 valence electrons. The van der Waals surface area contributed by atoms with Gasteiger partial charge in [-0.05, 0) is 18.8 Å². The van der Waals surface area contributed by atoms with Crippen molar-refractivity contribution in [3.63, 3.8) is 0 Å². The standard InChI is InChI=1S/C15H28INO8S2/c1-3-5-7-13(4-2)11-24-15(19)12-25-14(18)10-17-27(22,23)9-6-8-26(16,20)21/h13,17H,3-12H2,1-2H3. The molecule has 0 radical (unpaired) electrons. The van der Waals surface area contributed by atoms with Crippen LogP contribution in [-0.2, 0) is 36.1 Å². The van der Waals surface area contributed by atoms with Gasteiger partial charge in [0.15, 0.2) is 6.61 Å². The highest BCUT2D eigenvalue weighted by atomic mass is 127. The molecular weight excluding hydrogens is 513 g/mol. The van der Waals surface area contributed by atoms with Gasteiger partial charge in [-0.2, -0.15) is 0 Å². The van der Waals surface area contributed by atoms with Crippen LogP contribution in [0.15, 0.2) is 0 Å². The second-order valence-corrected chi connectivity index (χ2v) is 13.4. The van der Waals surface area contributed by atoms with E-state index in [1.165, 1.54) is 21.2 Å². The quantitative estimate of drug-likeness (QED) is 0.187. The molecule has 0 heterocycles. The second-order valence-electron chi connectivity index (χ2n) is 6.00. The molecule has 0 aromatic heterocycles. The summed E-state index contributed by atoms with van der Waals surface area (Å²) in [6, 6.07) is 0. The first-order valence-electron chi connectivity index (χ1n) is 8.70. The van der Waals surface area contributed by atoms with Crippen molar-refractivity contribution in [3.8, 4) is 0 Å². The highest BCUT2D eigenvalue weighted by molar-refractivity contribution is 14.2. The van der Waals surface area contributed by atoms with E-state index in [1.807, 2.05) is 11.6 Å². The summed E-state index contributed by atoms with van der Waals surface area (Å²) in [5.41, 5.74) is 0. The van der Waals surface area contributed by atoms with E-state index in [0.717, 1.165) is 25.7 Å². The Labute approximate surface area is 173 Å². The monoisotopic (exact) mass is 541 g/mol. The summed E-state index contributed by atoms with van der Waals surface area (Å²) >= 11 is 1.24. The molecule has 0 bridgehead atoms. The summed E-state index contributed by atoms with van der Waals surface area (Å²) in [4.78, 5) is 23.1. The molecule has 12 heteroatoms. The Balaban J connectivity index is 4.05. The third-order valence-electron chi connectivity index (χ3n) is 3.61. The van der Waals surface area contributed by atoms with Gasteiger partial charge in [-0.3, -0.25) is 4.79 Å². The van der Waals surface area contributed by atoms with Gasteiger partial charge >= 0.3 is 11.9 Å². The Morgan fingerprint density at radius 2 is 1.67 bits per heavy atom. The minimum absolute atomic E-state index is 0.0847. The van der Waals surface area contributed by atoms with Crippen LogP contribution >= 0.6 is 21.2 Å². The Kier molecular flexibility index (Phi) is 13.4. The fourth-order valence-corrected chi connectivity index (χ4v) is 4.62. The Bertz CT molecular complexity index is 663. The molecule has 0 aliphatic carbocycles. The average Bonchev–Trinajstić information content (AvgIpc) is 2.57. The minimum atomic E-state index is -3.81. The SMILES string of the molecule is CCCCC(CC)COC(=O)COC(=O)CNS(=O)(=O)CCCS(=O)(=O)I. The zero-order valence-electron chi connectivity index (χ0n) is 15.6. The summed E-state index contributed by atoms with van der Waals surface area (Å²) in [6.07, 6.45) is 3.87. The van der Waals surface area contributed by atoms with Crippen molar-refractivity contribution in [2.24, 2.45) is 5.92 Å². The number of hydrogen-bond acceptors (Lipinski definition) is 8. The fraction of sp³-hybridized carbons (Fsp3) is 0.867. The second kappa shape index (κ2) is 13.7. The Hall–Kier alpha value is -0.470. The van der Waals surface area contributed by atoms with E-state index in [9.17, 15) is 26.4 Å². The zero-order valence-corrected chi connectivity index (χ0v) is 19.4. The topological polar surface area (TPSA) is 133 Å². The number of carbonyl (C=O) groups is 2. The molecule has 0 aromatic carbocycles. The molecule has 0 aliphatic rings. The zero-order chi connectivity index (χ0) is 20.9. The van der Waals surface area contributed by atoms with Gasteiger partial charge in [-0.1, -0.05) is 33.1 Å². The molecule has 0 aliphatic heterocycles. The van der Waals surface area contributed by atoms with Crippen LogP contribution < -0.4 is 4.72 Å². The molecule has 0 amide bonds. The number of rotatable bonds is 15. The summed E-state index contributed by atoms with van der Waals surface area (Å²) in [5.74, 6) is -2.05. The first kappa shape index (κ1) is 26.5. The summed E-state index contributed by atoms with van der Waals surface area (Å²) in [7, 11) is -7.09. The van der Waals surface area contributed by atoms with Gasteiger partial charge in [0.2, 0.25) is 17.0 Å². The van der Waals surface area contributed by atoms with Gasteiger partial charge in [-0.25, -0.2) is 26.4 Å². The van der Waals surface area contributed by atoms with Crippen LogP contribution in [0.2, 0.25) is 0 Å². The number of unbranched alkanes of at least 4 members (excludes halogenated alkanes) is 1. The maximum atomic E-state index is 11.6. The van der Waals surface area contributed by atoms with Crippen LogP contribution in [0.25, 0.3) is 0 Å². The van der Waals surface area contributed by atoms with E-state index in [0.29, 0.717) is 0 Å². The van der Waals surface area contributed by atoms with Crippen LogP contribution in [0.5, 0.6) is 0 Å². The van der Waals surface area contributed by atoms with E-state index in [-0.39, 0.29) is 24.7 Å². The van der Waals surface area contributed by atoms with Gasteiger partial charge in [0.1, 0.15) is 6.54 Å². The van der Waals surface area contributed by atoms with E-state index in [2.05, 4.69) is 11.7 Å². The minimum Gasteiger partial charge on any atom is -0.463 e. The Morgan fingerprint density at radius 1 is 1.00 bits per heavy atom. The van der Waals surface area contributed by atoms with Gasteiger partial charge in [0.25, 0.3) is 0 Å². The number of nitrogens with one attached hydrogen (secondary N) is 1. The molecule has 0 saturated heterocycles. The maximum absolute atomic E-state index is 11.6. The van der Waals surface area contributed by atoms with Crippen molar-refractivity contribution in [3.05, 3.63) is 0 Å². The first-order chi connectivity index (χ1) is 12.5. The molecular formula is C15H28INO8S2. The smallest absolute Gasteiger partial charge is 0.344 e. The fourth-order valence-electron chi connectivity index (χ4n) is 2.00. The van der Waals surface area contributed by atoms with Gasteiger partial charge < -0.3 is 9.47 Å². The van der Waals surface area contributed by atoms with Crippen LogP contribution in [0.3, 0.4) is 0 Å². The van der Waals surface area contributed by atoms with E-state index >= 15 is 0 Å². The van der Waals surface area contributed by atoms with Crippen molar-refractivity contribution < 1.29 is 35.9 Å². The predicted molar refractivity (Wildman–Crippen MR) is 109 cm³/mol. The number of hydrogen-bond donors (Lipinski definition) is 1. The molecule has 0 fully saturated rings. The van der Waals surface area contributed by atoms with Crippen molar-refractivity contribution in [2.45, 2.75) is 46.0 Å². The highest BCUT2D eigenvalue weighted by Crippen LogP contribution is 2.12. The largest absolute Gasteiger partial charge is 0.463 e. The van der Waals surface area contributed by atoms with Crippen LogP contribution in [-0.4, -0.2) is 60.0 Å². The molecule has 1 unspecified atom stereocenters. The van der Waals surface area contributed by atoms with Crippen molar-refractivity contribution in [1.29, 1.82) is 0 Å². The molecule has 1 atom stereocenters. The van der Waals surface area contributed by atoms with Gasteiger partial charge in [0, 0.05) is 0 Å². The number of carbonyl (C=O) groups excluding carboxylic acids is 2. The molecule has 0 saturated carbocycles. The normalized spacial score (nSPS) is 13.1. The van der Waals surface area contributed by atoms with Crippen molar-refractivity contribution in [1.82, 2.24) is 4.72 Å². The van der Waals surface area contributed by atoms with Gasteiger partial charge in [-0.15, -0.1) is 0 Å². The third-order valence-corrected chi connectivity index (χ3v) is 7.12. The van der Waals surface area contributed by atoms with Crippen molar-refractivity contribution >= 4 is 50.2 Å². The number of ether oxygens (including phenoxy) is 2. The molecule has 0 aromatic rings. The van der Waals surface area contributed by atoms with E-state index in [1.54, 1.807) is 0 Å². The maximum Gasteiger partial charge on any atom is 0.344 e. The van der Waals surface area contributed by atoms with E-state index < -0.39 is 47.9 Å². The molecule has 0 spiro atoms. The third kappa shape index (κ3) is 16.2. The molecule has 0 rings (SSSR count). The average molecular weight is 541 g/mol. The number of esters is 2. The lowest BCUT2D eigenvalue weighted by molar-refractivity contribution is -0.159. The lowest BCUT2D eigenvalue weighted by atomic mass is 10.0. The summed E-state index contributed by atoms with van der Waals surface area (Å²) in [6.45, 7) is 3.13. The van der Waals surface area contributed by atoms with Crippen LogP contribution in [0.4, 0.5) is 0 Å². The molecule has 9 nitrogen and oxygen atoms in total. The van der Waals surface area contributed by atoms with Crippen LogP contribution in [0, 0.1) is 5.92 Å². The molecule has 1 N–H and O–H groups in total. The lowest BCUT2D eigenvalue weighted by Gasteiger charge is -2.14. The number of halogens is 1. The van der Waals surface area contributed by atoms with Gasteiger partial charge in [0.05, 0.1) is 39.3 Å². The lowest BCUT2D eigenvalue weighted by Crippen LogP contribution is -2.33. The highest BCUT2D eigenvalue weighted by Gasteiger charge is 2.16. The number of sulfonamides is 1. The van der Waals surface area contributed by atoms with E-state index in [4.69, 9.17) is 4.74 Å². The molecule has 27 heavy (non-hydrogen) atoms. The Morgan fingerprint density at radius 3 is 2.22 bits per heavy atom. The summed E-state index contributed by atoms with van der Waals surface area (Å²) in [5, 5.41) is 0.